The fraction of sp³-hybridized carbons (Fsp3) is 0.515. The first-order valence-corrected chi connectivity index (χ1v) is 16.6. The van der Waals surface area contributed by atoms with Gasteiger partial charge in [-0.05, 0) is 12.1 Å². The number of methoxy groups -OCH3 is 2. The molecule has 4 atom stereocenters. The zero-order valence-electron chi connectivity index (χ0n) is 27.0. The summed E-state index contributed by atoms with van der Waals surface area (Å²) in [7, 11) is 2.88. The van der Waals surface area contributed by atoms with Crippen LogP contribution in [0.5, 0.6) is 5.75 Å². The molecule has 0 aliphatic rings. The van der Waals surface area contributed by atoms with E-state index in [9.17, 15) is 19.2 Å². The monoisotopic (exact) mass is 677 g/mol. The van der Waals surface area contributed by atoms with E-state index in [0.29, 0.717) is 19.3 Å². The van der Waals surface area contributed by atoms with E-state index >= 15 is 0 Å². The van der Waals surface area contributed by atoms with Crippen molar-refractivity contribution in [2.45, 2.75) is 89.3 Å². The molecule has 0 spiro atoms. The molecule has 0 unspecified atom stereocenters. The van der Waals surface area contributed by atoms with Crippen LogP contribution in [0.4, 0.5) is 4.79 Å². The number of rotatable bonds is 15. The zero-order chi connectivity index (χ0) is 32.9. The van der Waals surface area contributed by atoms with E-state index in [1.54, 1.807) is 41.7 Å². The van der Waals surface area contributed by atoms with Crippen molar-refractivity contribution in [2.75, 3.05) is 14.2 Å². The maximum absolute atomic E-state index is 13.7. The molecular weight excluding hydrogens is 629 g/mol. The summed E-state index contributed by atoms with van der Waals surface area (Å²) in [4.78, 5) is 52.2. The Balaban J connectivity index is 2.15. The van der Waals surface area contributed by atoms with Gasteiger partial charge in [0, 0.05) is 0 Å². The van der Waals surface area contributed by atoms with Crippen molar-refractivity contribution in [2.24, 2.45) is 5.92 Å². The van der Waals surface area contributed by atoms with Gasteiger partial charge in [0.25, 0.3) is 0 Å². The topological polar surface area (TPSA) is 132 Å². The Morgan fingerprint density at radius 3 is 1.98 bits per heavy atom. The van der Waals surface area contributed by atoms with Crippen LogP contribution in [-0.4, -0.2) is 76.8 Å². The number of ether oxygens (including phenoxy) is 3. The van der Waals surface area contributed by atoms with Crippen LogP contribution in [0.2, 0.25) is 4.82 Å². The number of carbonyl (C=O) groups excluding carboxylic acids is 4. The van der Waals surface area contributed by atoms with Gasteiger partial charge in [-0.3, -0.25) is 0 Å². The molecule has 2 aromatic rings. The summed E-state index contributed by atoms with van der Waals surface area (Å²) in [5.74, 6) is -1.14. The molecule has 0 saturated carbocycles. The van der Waals surface area contributed by atoms with Crippen molar-refractivity contribution >= 4 is 43.3 Å². The van der Waals surface area contributed by atoms with Gasteiger partial charge in [-0.1, -0.05) is 12.1 Å². The Labute approximate surface area is 267 Å². The molecule has 0 aliphatic heterocycles. The average molecular weight is 677 g/mol. The van der Waals surface area contributed by atoms with Crippen LogP contribution in [-0.2, 0) is 30.3 Å². The van der Waals surface area contributed by atoms with Crippen LogP contribution in [0.25, 0.3) is 0 Å². The third-order valence-electron chi connectivity index (χ3n) is 6.66. The molecule has 2 rings (SSSR count). The van der Waals surface area contributed by atoms with E-state index in [1.807, 2.05) is 61.5 Å². The molecule has 0 fully saturated rings. The number of hydrogen-bond donors (Lipinski definition) is 3. The van der Waals surface area contributed by atoms with E-state index in [4.69, 9.17) is 14.2 Å². The first-order valence-electron chi connectivity index (χ1n) is 14.8. The summed E-state index contributed by atoms with van der Waals surface area (Å²) in [5, 5.41) is 8.34. The zero-order valence-corrected chi connectivity index (χ0v) is 28.7. The third-order valence-corrected chi connectivity index (χ3v) is 9.15. The van der Waals surface area contributed by atoms with Gasteiger partial charge in [-0.25, -0.2) is 0 Å². The molecule has 0 aromatic heterocycles. The van der Waals surface area contributed by atoms with Gasteiger partial charge in [0.15, 0.2) is 0 Å². The molecule has 242 valence electrons. The Morgan fingerprint density at radius 1 is 0.818 bits per heavy atom. The van der Waals surface area contributed by atoms with Crippen molar-refractivity contribution in [3.63, 3.8) is 0 Å². The summed E-state index contributed by atoms with van der Waals surface area (Å²) in [6.07, 6.45) is 0.937. The first kappa shape index (κ1) is 36.6. The number of aryl methyl sites for hydroxylation is 1. The minimum atomic E-state index is -0.962. The van der Waals surface area contributed by atoms with E-state index < -0.39 is 47.6 Å². The second kappa shape index (κ2) is 17.7. The summed E-state index contributed by atoms with van der Waals surface area (Å²) in [6, 6.07) is 14.6. The molecule has 3 N–H and O–H groups in total. The van der Waals surface area contributed by atoms with Crippen LogP contribution in [0, 0.1) is 5.92 Å². The molecular formula is C33H47N3O7Se. The predicted molar refractivity (Wildman–Crippen MR) is 171 cm³/mol. The van der Waals surface area contributed by atoms with Crippen molar-refractivity contribution in [1.29, 1.82) is 0 Å². The molecule has 2 aromatic carbocycles. The van der Waals surface area contributed by atoms with Gasteiger partial charge >= 0.3 is 226 Å². The van der Waals surface area contributed by atoms with E-state index in [-0.39, 0.29) is 25.7 Å². The number of hydrogen-bond acceptors (Lipinski definition) is 7. The molecule has 0 bridgehead atoms. The van der Waals surface area contributed by atoms with Crippen LogP contribution in [0.3, 0.4) is 0 Å². The molecule has 0 aliphatic carbocycles. The molecule has 0 radical (unpaired) electrons. The van der Waals surface area contributed by atoms with Crippen LogP contribution in [0.15, 0.2) is 54.6 Å². The number of alkyl carbamates (subject to hydrolysis) is 1. The van der Waals surface area contributed by atoms with Crippen molar-refractivity contribution < 1.29 is 33.4 Å². The molecule has 10 nitrogen and oxygen atoms in total. The normalized spacial score (nSPS) is 14.0. The number of esters is 1. The Bertz CT molecular complexity index is 1220. The Morgan fingerprint density at radius 2 is 1.43 bits per heavy atom. The summed E-state index contributed by atoms with van der Waals surface area (Å²) in [5.41, 5.74) is 0.318. The molecule has 3 amide bonds. The van der Waals surface area contributed by atoms with Crippen LogP contribution >= 0.6 is 0 Å². The van der Waals surface area contributed by atoms with Gasteiger partial charge < -0.3 is 4.74 Å². The second-order valence-electron chi connectivity index (χ2n) is 11.8. The standard InChI is InChI=1S/C33H47N3O7Se/c1-21(2)27(29(37)34-26(31(39)42-8)16-12-13-23-17-19-24(41-7)20-18-23)35-30(38)28(36-32(40)43-33(4,5)6)22(3)44-25-14-10-9-11-15-25/h9-11,14-15,17-22,26-28H,12-13,16H2,1-8H3,(H,34,37)(H,35,38)(H,36,40)/t22-,26-,27-,28+/m0/s1. The van der Waals surface area contributed by atoms with E-state index in [2.05, 4.69) is 16.0 Å². The Kier molecular flexibility index (Phi) is 14.7. The van der Waals surface area contributed by atoms with Crippen molar-refractivity contribution in [3.05, 3.63) is 60.2 Å². The predicted octanol–water partition coefficient (Wildman–Crippen LogP) is 3.55. The number of amides is 3. The SMILES string of the molecule is COC(=O)[C@H](CCCc1ccc(OC)cc1)NC(=O)[C@@H](NC(=O)[C@H](NC(=O)OC(C)(C)C)[C@H](C)[Se]c1ccccc1)C(C)C. The summed E-state index contributed by atoms with van der Waals surface area (Å²) in [6.45, 7) is 10.7. The quantitative estimate of drug-likeness (QED) is 0.194. The average Bonchev–Trinajstić information content (AvgIpc) is 2.97. The molecule has 11 heteroatoms. The third kappa shape index (κ3) is 12.6. The summed E-state index contributed by atoms with van der Waals surface area (Å²) >= 11 is -0.173. The molecule has 44 heavy (non-hydrogen) atoms. The van der Waals surface area contributed by atoms with Gasteiger partial charge in [0.05, 0.1) is 7.11 Å². The maximum atomic E-state index is 13.7. The summed E-state index contributed by atoms with van der Waals surface area (Å²) < 4.78 is 16.6. The number of benzene rings is 2. The minimum absolute atomic E-state index is 0.173. The first-order chi connectivity index (χ1) is 20.7. The number of carbonyl (C=O) groups is 4. The fourth-order valence-corrected chi connectivity index (χ4v) is 6.59. The number of nitrogens with one attached hydrogen (secondary N) is 3. The molecule has 0 saturated heterocycles. The van der Waals surface area contributed by atoms with Crippen LogP contribution < -0.4 is 25.1 Å². The fourth-order valence-electron chi connectivity index (χ4n) is 4.35. The van der Waals surface area contributed by atoms with Crippen molar-refractivity contribution in [1.82, 2.24) is 16.0 Å². The van der Waals surface area contributed by atoms with Gasteiger partial charge in [0.1, 0.15) is 5.75 Å². The van der Waals surface area contributed by atoms with E-state index in [1.165, 1.54) is 7.11 Å². The van der Waals surface area contributed by atoms with Crippen molar-refractivity contribution in [3.8, 4) is 5.75 Å². The van der Waals surface area contributed by atoms with Gasteiger partial charge in [-0.2, -0.15) is 0 Å². The molecule has 0 heterocycles. The van der Waals surface area contributed by atoms with E-state index in [0.717, 1.165) is 15.8 Å². The Hall–Kier alpha value is -3.56. The van der Waals surface area contributed by atoms with Gasteiger partial charge in [0.2, 0.25) is 0 Å². The second-order valence-corrected chi connectivity index (χ2v) is 14.9. The van der Waals surface area contributed by atoms with Gasteiger partial charge in [-0.15, -0.1) is 0 Å². The van der Waals surface area contributed by atoms with Crippen LogP contribution in [0.1, 0.15) is 59.9 Å².